The lowest BCUT2D eigenvalue weighted by Crippen LogP contribution is -2.34. The van der Waals surface area contributed by atoms with Gasteiger partial charge in [-0.1, -0.05) is 60.1 Å². The van der Waals surface area contributed by atoms with E-state index < -0.39 is 6.04 Å². The zero-order valence-corrected chi connectivity index (χ0v) is 16.8. The molecule has 5 nitrogen and oxygen atoms in total. The molecule has 3 aromatic carbocycles. The predicted molar refractivity (Wildman–Crippen MR) is 117 cm³/mol. The summed E-state index contributed by atoms with van der Waals surface area (Å²) in [6.45, 7) is 2.21. The Kier molecular flexibility index (Phi) is 7.25. The summed E-state index contributed by atoms with van der Waals surface area (Å²) in [7, 11) is 0. The van der Waals surface area contributed by atoms with Gasteiger partial charge in [0.2, 0.25) is 0 Å². The number of hydrazone groups is 1. The average Bonchev–Trinajstić information content (AvgIpc) is 2.73. The molecule has 0 spiro atoms. The van der Waals surface area contributed by atoms with Gasteiger partial charge in [-0.15, -0.1) is 0 Å². The first-order chi connectivity index (χ1) is 14.1. The summed E-state index contributed by atoms with van der Waals surface area (Å²) in [5.41, 5.74) is 5.17. The number of hydrogen-bond acceptors (Lipinski definition) is 4. The lowest BCUT2D eigenvalue weighted by molar-refractivity contribution is -0.121. The van der Waals surface area contributed by atoms with Crippen molar-refractivity contribution in [3.63, 3.8) is 0 Å². The molecule has 29 heavy (non-hydrogen) atoms. The number of nitrogens with one attached hydrogen (secondary N) is 2. The molecule has 3 aromatic rings. The second-order valence-corrected chi connectivity index (χ2v) is 6.86. The Labute approximate surface area is 175 Å². The smallest absolute Gasteiger partial charge is 0.262 e. The van der Waals surface area contributed by atoms with Crippen molar-refractivity contribution in [2.24, 2.45) is 5.10 Å². The quantitative estimate of drug-likeness (QED) is 0.413. The predicted octanol–water partition coefficient (Wildman–Crippen LogP) is 4.87. The Balaban J connectivity index is 1.56. The van der Waals surface area contributed by atoms with Crippen molar-refractivity contribution >= 4 is 29.4 Å². The molecule has 0 bridgehead atoms. The highest BCUT2D eigenvalue weighted by Crippen LogP contribution is 2.18. The highest BCUT2D eigenvalue weighted by Gasteiger charge is 2.11. The van der Waals surface area contributed by atoms with E-state index in [9.17, 15) is 4.79 Å². The molecular weight excluding hydrogens is 386 g/mol. The Morgan fingerprint density at radius 2 is 1.83 bits per heavy atom. The van der Waals surface area contributed by atoms with Gasteiger partial charge in [0.15, 0.2) is 0 Å². The molecule has 0 radical (unpaired) electrons. The van der Waals surface area contributed by atoms with Crippen molar-refractivity contribution < 1.29 is 9.53 Å². The van der Waals surface area contributed by atoms with Crippen LogP contribution in [0.15, 0.2) is 84.0 Å². The lowest BCUT2D eigenvalue weighted by Gasteiger charge is -2.13. The van der Waals surface area contributed by atoms with E-state index in [1.54, 1.807) is 25.3 Å². The molecule has 0 aromatic heterocycles. The largest absolute Gasteiger partial charge is 0.488 e. The average molecular weight is 408 g/mol. The van der Waals surface area contributed by atoms with Crippen LogP contribution in [-0.2, 0) is 11.4 Å². The molecule has 6 heteroatoms. The maximum Gasteiger partial charge on any atom is 0.262 e. The van der Waals surface area contributed by atoms with E-state index in [0.717, 1.165) is 16.8 Å². The molecule has 3 rings (SSSR count). The Bertz CT molecular complexity index is 977. The minimum absolute atomic E-state index is 0.260. The number of amides is 1. The van der Waals surface area contributed by atoms with Crippen LogP contribution >= 0.6 is 11.6 Å². The Morgan fingerprint density at radius 3 is 2.62 bits per heavy atom. The molecule has 0 fully saturated rings. The SMILES string of the molecule is C[C@H](Nc1cccc(Cl)c1)C(=O)N/N=C\c1ccccc1OCc1ccccc1. The van der Waals surface area contributed by atoms with E-state index in [4.69, 9.17) is 16.3 Å². The summed E-state index contributed by atoms with van der Waals surface area (Å²) < 4.78 is 5.89. The van der Waals surface area contributed by atoms with Crippen molar-refractivity contribution in [1.82, 2.24) is 5.43 Å². The zero-order valence-electron chi connectivity index (χ0n) is 16.0. The third-order valence-electron chi connectivity index (χ3n) is 4.14. The van der Waals surface area contributed by atoms with Gasteiger partial charge in [-0.25, -0.2) is 5.43 Å². The number of halogens is 1. The monoisotopic (exact) mass is 407 g/mol. The van der Waals surface area contributed by atoms with Gasteiger partial charge in [-0.3, -0.25) is 4.79 Å². The van der Waals surface area contributed by atoms with Gasteiger partial charge in [-0.05, 0) is 42.8 Å². The first-order valence-corrected chi connectivity index (χ1v) is 9.60. The first kappa shape index (κ1) is 20.4. The third kappa shape index (κ3) is 6.36. The van der Waals surface area contributed by atoms with Gasteiger partial charge in [0.05, 0.1) is 6.21 Å². The number of nitrogens with zero attached hydrogens (tertiary/aromatic N) is 1. The maximum atomic E-state index is 12.3. The number of rotatable bonds is 8. The summed E-state index contributed by atoms with van der Waals surface area (Å²) >= 11 is 5.96. The fraction of sp³-hybridized carbons (Fsp3) is 0.130. The second-order valence-electron chi connectivity index (χ2n) is 6.42. The molecule has 0 unspecified atom stereocenters. The minimum Gasteiger partial charge on any atom is -0.488 e. The summed E-state index contributed by atoms with van der Waals surface area (Å²) in [4.78, 5) is 12.3. The number of hydrogen-bond donors (Lipinski definition) is 2. The molecule has 0 saturated carbocycles. The van der Waals surface area contributed by atoms with E-state index in [0.29, 0.717) is 17.4 Å². The highest BCUT2D eigenvalue weighted by atomic mass is 35.5. The van der Waals surface area contributed by atoms with Crippen LogP contribution in [-0.4, -0.2) is 18.2 Å². The fourth-order valence-corrected chi connectivity index (χ4v) is 2.80. The zero-order chi connectivity index (χ0) is 20.5. The van der Waals surface area contributed by atoms with Crippen LogP contribution < -0.4 is 15.5 Å². The topological polar surface area (TPSA) is 62.7 Å². The number of carbonyl (C=O) groups excluding carboxylic acids is 1. The molecule has 1 amide bonds. The van der Waals surface area contributed by atoms with Gasteiger partial charge in [0.25, 0.3) is 5.91 Å². The van der Waals surface area contributed by atoms with Crippen molar-refractivity contribution in [1.29, 1.82) is 0 Å². The van der Waals surface area contributed by atoms with Crippen LogP contribution in [0.2, 0.25) is 5.02 Å². The van der Waals surface area contributed by atoms with Crippen LogP contribution in [0.25, 0.3) is 0 Å². The van der Waals surface area contributed by atoms with E-state index >= 15 is 0 Å². The van der Waals surface area contributed by atoms with Crippen molar-refractivity contribution in [3.05, 3.63) is 95.0 Å². The standard InChI is InChI=1S/C23H22ClN3O2/c1-17(26-21-12-7-11-20(24)14-21)23(28)27-25-15-19-10-5-6-13-22(19)29-16-18-8-3-2-4-9-18/h2-15,17,26H,16H2,1H3,(H,27,28)/b25-15-/t17-/m0/s1. The Morgan fingerprint density at radius 1 is 1.07 bits per heavy atom. The summed E-state index contributed by atoms with van der Waals surface area (Å²) in [5, 5.41) is 7.76. The number of para-hydroxylation sites is 1. The normalized spacial score (nSPS) is 11.8. The van der Waals surface area contributed by atoms with Crippen LogP contribution in [0.5, 0.6) is 5.75 Å². The van der Waals surface area contributed by atoms with E-state index in [-0.39, 0.29) is 5.91 Å². The van der Waals surface area contributed by atoms with Gasteiger partial charge in [0, 0.05) is 16.3 Å². The number of anilines is 1. The van der Waals surface area contributed by atoms with Crippen molar-refractivity contribution in [2.75, 3.05) is 5.32 Å². The van der Waals surface area contributed by atoms with E-state index in [2.05, 4.69) is 15.8 Å². The van der Waals surface area contributed by atoms with Gasteiger partial charge < -0.3 is 10.1 Å². The third-order valence-corrected chi connectivity index (χ3v) is 4.37. The molecule has 0 aliphatic carbocycles. The minimum atomic E-state index is -0.477. The van der Waals surface area contributed by atoms with Gasteiger partial charge >= 0.3 is 0 Å². The van der Waals surface area contributed by atoms with Crippen molar-refractivity contribution in [2.45, 2.75) is 19.6 Å². The number of benzene rings is 3. The molecule has 2 N–H and O–H groups in total. The molecule has 148 valence electrons. The summed E-state index contributed by atoms with van der Waals surface area (Å²) in [6.07, 6.45) is 1.57. The first-order valence-electron chi connectivity index (χ1n) is 9.22. The summed E-state index contributed by atoms with van der Waals surface area (Å²) in [6, 6.07) is 24.2. The van der Waals surface area contributed by atoms with Crippen LogP contribution in [0, 0.1) is 0 Å². The summed E-state index contributed by atoms with van der Waals surface area (Å²) in [5.74, 6) is 0.434. The van der Waals surface area contributed by atoms with E-state index in [1.165, 1.54) is 0 Å². The second kappa shape index (κ2) is 10.3. The van der Waals surface area contributed by atoms with Crippen LogP contribution in [0.4, 0.5) is 5.69 Å². The van der Waals surface area contributed by atoms with Gasteiger partial charge in [0.1, 0.15) is 18.4 Å². The molecule has 0 aliphatic rings. The maximum absolute atomic E-state index is 12.3. The molecule has 0 saturated heterocycles. The molecular formula is C23H22ClN3O2. The van der Waals surface area contributed by atoms with Crippen LogP contribution in [0.3, 0.4) is 0 Å². The molecule has 0 aliphatic heterocycles. The fourth-order valence-electron chi connectivity index (χ4n) is 2.61. The lowest BCUT2D eigenvalue weighted by atomic mass is 10.2. The van der Waals surface area contributed by atoms with E-state index in [1.807, 2.05) is 66.7 Å². The van der Waals surface area contributed by atoms with Crippen LogP contribution in [0.1, 0.15) is 18.1 Å². The number of ether oxygens (including phenoxy) is 1. The molecule has 1 atom stereocenters. The molecule has 0 heterocycles. The Hall–Kier alpha value is -3.31. The highest BCUT2D eigenvalue weighted by molar-refractivity contribution is 6.30. The number of carbonyl (C=O) groups is 1. The van der Waals surface area contributed by atoms with Gasteiger partial charge in [-0.2, -0.15) is 5.10 Å². The van der Waals surface area contributed by atoms with Crippen molar-refractivity contribution in [3.8, 4) is 5.75 Å².